The molecular formula is C14H21N4O3P. The van der Waals surface area contributed by atoms with E-state index in [9.17, 15) is 4.57 Å². The van der Waals surface area contributed by atoms with Gasteiger partial charge in [0.1, 0.15) is 5.82 Å². The van der Waals surface area contributed by atoms with E-state index in [0.29, 0.717) is 25.2 Å². The van der Waals surface area contributed by atoms with Crippen LogP contribution in [0.3, 0.4) is 0 Å². The fourth-order valence-corrected chi connectivity index (χ4v) is 2.93. The lowest BCUT2D eigenvalue weighted by molar-refractivity contribution is 0.258. The second-order valence-electron chi connectivity index (χ2n) is 5.17. The standard InChI is InChI=1S/C14H21N4O3P/c15-5-8-18(10-14-16-6-7-17-14)9-12-1-3-13(4-2-12)11-22(19,20)21/h1-4,6-7H,5,8-11,15H2,(H,16,17)(H2,19,20,21). The summed E-state index contributed by atoms with van der Waals surface area (Å²) in [5.41, 5.74) is 7.34. The van der Waals surface area contributed by atoms with Crippen molar-refractivity contribution in [2.45, 2.75) is 19.3 Å². The molecule has 0 atom stereocenters. The molecule has 0 aliphatic rings. The number of hydrogen-bond acceptors (Lipinski definition) is 4. The molecule has 5 N–H and O–H groups in total. The number of rotatable bonds is 8. The predicted molar refractivity (Wildman–Crippen MR) is 83.9 cm³/mol. The van der Waals surface area contributed by atoms with Crippen molar-refractivity contribution in [3.63, 3.8) is 0 Å². The van der Waals surface area contributed by atoms with Gasteiger partial charge in [0.2, 0.25) is 0 Å². The van der Waals surface area contributed by atoms with Gasteiger partial charge in [-0.1, -0.05) is 24.3 Å². The average Bonchev–Trinajstić information content (AvgIpc) is 2.92. The van der Waals surface area contributed by atoms with Gasteiger partial charge in [-0.25, -0.2) is 4.98 Å². The number of aromatic amines is 1. The van der Waals surface area contributed by atoms with E-state index in [2.05, 4.69) is 14.9 Å². The zero-order valence-electron chi connectivity index (χ0n) is 12.2. The molecule has 0 radical (unpaired) electrons. The smallest absolute Gasteiger partial charge is 0.329 e. The Morgan fingerprint density at radius 1 is 1.18 bits per heavy atom. The quantitative estimate of drug-likeness (QED) is 0.539. The number of H-pyrrole nitrogens is 1. The summed E-state index contributed by atoms with van der Waals surface area (Å²) in [6, 6.07) is 7.27. The van der Waals surface area contributed by atoms with Crippen LogP contribution in [0.1, 0.15) is 17.0 Å². The molecule has 1 heterocycles. The van der Waals surface area contributed by atoms with Crippen LogP contribution in [0, 0.1) is 0 Å². The minimum absolute atomic E-state index is 0.230. The van der Waals surface area contributed by atoms with Crippen molar-refractivity contribution in [2.75, 3.05) is 13.1 Å². The van der Waals surface area contributed by atoms with Crippen LogP contribution in [0.25, 0.3) is 0 Å². The zero-order chi connectivity index (χ0) is 16.0. The third-order valence-corrected chi connectivity index (χ3v) is 3.97. The summed E-state index contributed by atoms with van der Waals surface area (Å²) >= 11 is 0. The minimum Gasteiger partial charge on any atom is -0.348 e. The first-order valence-electron chi connectivity index (χ1n) is 6.99. The molecule has 2 rings (SSSR count). The Hall–Kier alpha value is -1.50. The van der Waals surface area contributed by atoms with Gasteiger partial charge in [-0.2, -0.15) is 0 Å². The van der Waals surface area contributed by atoms with Crippen LogP contribution in [-0.2, 0) is 23.8 Å². The lowest BCUT2D eigenvalue weighted by Gasteiger charge is -2.20. The van der Waals surface area contributed by atoms with Crippen LogP contribution in [0.15, 0.2) is 36.7 Å². The molecule has 0 saturated carbocycles. The molecule has 0 amide bonds. The van der Waals surface area contributed by atoms with E-state index in [1.165, 1.54) is 0 Å². The lowest BCUT2D eigenvalue weighted by Crippen LogP contribution is -2.29. The molecule has 0 unspecified atom stereocenters. The second-order valence-corrected chi connectivity index (χ2v) is 6.82. The number of benzene rings is 1. The van der Waals surface area contributed by atoms with Crippen LogP contribution in [-0.4, -0.2) is 37.7 Å². The van der Waals surface area contributed by atoms with E-state index in [4.69, 9.17) is 15.5 Å². The predicted octanol–water partition coefficient (Wildman–Crippen LogP) is 1.05. The molecule has 8 heteroatoms. The number of nitrogens with one attached hydrogen (secondary N) is 1. The highest BCUT2D eigenvalue weighted by molar-refractivity contribution is 7.50. The van der Waals surface area contributed by atoms with Crippen molar-refractivity contribution in [3.8, 4) is 0 Å². The Morgan fingerprint density at radius 3 is 2.41 bits per heavy atom. The van der Waals surface area contributed by atoms with Gasteiger partial charge in [0, 0.05) is 32.0 Å². The van der Waals surface area contributed by atoms with Gasteiger partial charge >= 0.3 is 7.60 Å². The Balaban J connectivity index is 1.98. The summed E-state index contributed by atoms with van der Waals surface area (Å²) in [7, 11) is -4.02. The van der Waals surface area contributed by atoms with Gasteiger partial charge in [0.15, 0.2) is 0 Å². The first-order valence-corrected chi connectivity index (χ1v) is 8.79. The molecule has 0 saturated heterocycles. The van der Waals surface area contributed by atoms with Crippen LogP contribution in [0.4, 0.5) is 0 Å². The maximum atomic E-state index is 11.0. The Bertz CT molecular complexity index is 610. The number of nitrogens with two attached hydrogens (primary N) is 1. The molecule has 0 aliphatic heterocycles. The van der Waals surface area contributed by atoms with E-state index in [-0.39, 0.29) is 6.16 Å². The SMILES string of the molecule is NCCN(Cc1ccc(CP(=O)(O)O)cc1)Cc1ncc[nH]1. The monoisotopic (exact) mass is 324 g/mol. The topological polar surface area (TPSA) is 115 Å². The summed E-state index contributed by atoms with van der Waals surface area (Å²) in [4.78, 5) is 27.4. The van der Waals surface area contributed by atoms with Gasteiger partial charge in [-0.3, -0.25) is 9.46 Å². The maximum absolute atomic E-state index is 11.0. The average molecular weight is 324 g/mol. The van der Waals surface area contributed by atoms with Crippen LogP contribution < -0.4 is 5.73 Å². The highest BCUT2D eigenvalue weighted by Gasteiger charge is 2.14. The highest BCUT2D eigenvalue weighted by Crippen LogP contribution is 2.38. The number of imidazole rings is 1. The van der Waals surface area contributed by atoms with Gasteiger partial charge in [0.25, 0.3) is 0 Å². The summed E-state index contributed by atoms with van der Waals surface area (Å²) in [6.07, 6.45) is 3.27. The molecule has 0 bridgehead atoms. The van der Waals surface area contributed by atoms with Crippen molar-refractivity contribution in [1.29, 1.82) is 0 Å². The summed E-state index contributed by atoms with van der Waals surface area (Å²) in [5.74, 6) is 0.881. The second kappa shape index (κ2) is 7.67. The molecule has 0 aliphatic carbocycles. The molecule has 120 valence electrons. The largest absolute Gasteiger partial charge is 0.348 e. The van der Waals surface area contributed by atoms with Crippen molar-refractivity contribution < 1.29 is 14.4 Å². The first-order chi connectivity index (χ1) is 10.5. The van der Waals surface area contributed by atoms with Gasteiger partial charge in [-0.05, 0) is 11.1 Å². The van der Waals surface area contributed by atoms with Gasteiger partial charge in [0.05, 0.1) is 12.7 Å². The van der Waals surface area contributed by atoms with Crippen LogP contribution >= 0.6 is 7.60 Å². The zero-order valence-corrected chi connectivity index (χ0v) is 13.1. The molecular weight excluding hydrogens is 303 g/mol. The maximum Gasteiger partial charge on any atom is 0.329 e. The van der Waals surface area contributed by atoms with E-state index in [1.54, 1.807) is 24.5 Å². The Labute approximate surface area is 129 Å². The molecule has 2 aromatic rings. The van der Waals surface area contributed by atoms with Crippen LogP contribution in [0.5, 0.6) is 0 Å². The minimum atomic E-state index is -4.02. The van der Waals surface area contributed by atoms with Gasteiger partial charge in [-0.15, -0.1) is 0 Å². The lowest BCUT2D eigenvalue weighted by atomic mass is 10.1. The van der Waals surface area contributed by atoms with Crippen molar-refractivity contribution in [3.05, 3.63) is 53.6 Å². The number of hydrogen-bond donors (Lipinski definition) is 4. The molecule has 1 aromatic carbocycles. The molecule has 0 fully saturated rings. The van der Waals surface area contributed by atoms with Gasteiger partial charge < -0.3 is 20.5 Å². The van der Waals surface area contributed by atoms with Crippen molar-refractivity contribution in [2.24, 2.45) is 5.73 Å². The molecule has 1 aromatic heterocycles. The summed E-state index contributed by atoms with van der Waals surface area (Å²) < 4.78 is 11.0. The Kier molecular flexibility index (Phi) is 5.88. The number of nitrogens with zero attached hydrogens (tertiary/aromatic N) is 2. The highest BCUT2D eigenvalue weighted by atomic mass is 31.2. The van der Waals surface area contributed by atoms with E-state index in [1.807, 2.05) is 12.1 Å². The molecule has 0 spiro atoms. The summed E-state index contributed by atoms with van der Waals surface area (Å²) in [5, 5.41) is 0. The van der Waals surface area contributed by atoms with Crippen LogP contribution in [0.2, 0.25) is 0 Å². The van der Waals surface area contributed by atoms with E-state index < -0.39 is 7.60 Å². The summed E-state index contributed by atoms with van der Waals surface area (Å²) in [6.45, 7) is 2.67. The van der Waals surface area contributed by atoms with Crippen molar-refractivity contribution in [1.82, 2.24) is 14.9 Å². The van der Waals surface area contributed by atoms with Crippen molar-refractivity contribution >= 4 is 7.60 Å². The number of aromatic nitrogens is 2. The molecule has 22 heavy (non-hydrogen) atoms. The third kappa shape index (κ3) is 5.71. The van der Waals surface area contributed by atoms with E-state index in [0.717, 1.165) is 17.9 Å². The van der Waals surface area contributed by atoms with E-state index >= 15 is 0 Å². The first kappa shape index (κ1) is 16.9. The molecule has 7 nitrogen and oxygen atoms in total. The fourth-order valence-electron chi connectivity index (χ4n) is 2.24. The fraction of sp³-hybridized carbons (Fsp3) is 0.357. The Morgan fingerprint density at radius 2 is 1.86 bits per heavy atom. The third-order valence-electron chi connectivity index (χ3n) is 3.19. The normalized spacial score (nSPS) is 12.0.